The van der Waals surface area contributed by atoms with Gasteiger partial charge < -0.3 is 5.32 Å². The molecule has 1 aromatic heterocycles. The van der Waals surface area contributed by atoms with Crippen molar-refractivity contribution in [1.29, 1.82) is 0 Å². The number of hydrogen-bond donors (Lipinski definition) is 1. The van der Waals surface area contributed by atoms with E-state index in [2.05, 4.69) is 20.8 Å². The monoisotopic (exact) mass is 263 g/mol. The van der Waals surface area contributed by atoms with E-state index in [1.807, 2.05) is 19.9 Å². The van der Waals surface area contributed by atoms with Gasteiger partial charge in [-0.05, 0) is 41.9 Å². The maximum atomic E-state index is 13.5. The van der Waals surface area contributed by atoms with Crippen molar-refractivity contribution < 1.29 is 4.39 Å². The van der Waals surface area contributed by atoms with Crippen molar-refractivity contribution in [2.75, 3.05) is 6.54 Å². The second-order valence-electron chi connectivity index (χ2n) is 4.38. The first kappa shape index (κ1) is 13.6. The molecular weight excluding hydrogens is 245 g/mol. The van der Waals surface area contributed by atoms with Gasteiger partial charge in [-0.15, -0.1) is 5.10 Å². The summed E-state index contributed by atoms with van der Waals surface area (Å²) in [5.74, 6) is 0.593. The Morgan fingerprint density at radius 2 is 2.16 bits per heavy atom. The SMILES string of the molecule is CCNC(C)c1nnnn1CCc1ccccc1F. The van der Waals surface area contributed by atoms with Crippen LogP contribution in [0.25, 0.3) is 0 Å². The number of hydrogen-bond acceptors (Lipinski definition) is 4. The molecule has 0 saturated carbocycles. The van der Waals surface area contributed by atoms with Gasteiger partial charge in [0.15, 0.2) is 5.82 Å². The molecule has 102 valence electrons. The smallest absolute Gasteiger partial charge is 0.167 e. The molecule has 6 heteroatoms. The molecule has 1 N–H and O–H groups in total. The van der Waals surface area contributed by atoms with Crippen LogP contribution in [0.3, 0.4) is 0 Å². The van der Waals surface area contributed by atoms with Gasteiger partial charge in [-0.1, -0.05) is 25.1 Å². The van der Waals surface area contributed by atoms with Crippen molar-refractivity contribution >= 4 is 0 Å². The summed E-state index contributed by atoms with van der Waals surface area (Å²) in [6.45, 7) is 5.46. The molecule has 1 unspecified atom stereocenters. The van der Waals surface area contributed by atoms with Crippen LogP contribution in [-0.2, 0) is 13.0 Å². The molecule has 0 fully saturated rings. The van der Waals surface area contributed by atoms with Gasteiger partial charge in [0, 0.05) is 6.54 Å². The number of halogens is 1. The van der Waals surface area contributed by atoms with Gasteiger partial charge in [-0.25, -0.2) is 9.07 Å². The third-order valence-corrected chi connectivity index (χ3v) is 3.01. The largest absolute Gasteiger partial charge is 0.308 e. The number of benzene rings is 1. The standard InChI is InChI=1S/C13H18FN5/c1-3-15-10(2)13-16-17-18-19(13)9-8-11-6-4-5-7-12(11)14/h4-7,10,15H,3,8-9H2,1-2H3. The molecule has 0 radical (unpaired) electrons. The summed E-state index contributed by atoms with van der Waals surface area (Å²) >= 11 is 0. The lowest BCUT2D eigenvalue weighted by Crippen LogP contribution is -2.22. The molecule has 1 aromatic carbocycles. The van der Waals surface area contributed by atoms with Crippen molar-refractivity contribution in [1.82, 2.24) is 25.5 Å². The third kappa shape index (κ3) is 3.35. The molecule has 5 nitrogen and oxygen atoms in total. The van der Waals surface area contributed by atoms with Gasteiger partial charge in [0.05, 0.1) is 6.04 Å². The zero-order chi connectivity index (χ0) is 13.7. The van der Waals surface area contributed by atoms with Crippen LogP contribution < -0.4 is 5.32 Å². The first-order valence-electron chi connectivity index (χ1n) is 6.45. The summed E-state index contributed by atoms with van der Waals surface area (Å²) in [4.78, 5) is 0. The van der Waals surface area contributed by atoms with Crippen LogP contribution in [0.5, 0.6) is 0 Å². The summed E-state index contributed by atoms with van der Waals surface area (Å²) in [5, 5.41) is 14.9. The molecule has 0 bridgehead atoms. The van der Waals surface area contributed by atoms with Crippen molar-refractivity contribution in [3.05, 3.63) is 41.5 Å². The van der Waals surface area contributed by atoms with Crippen molar-refractivity contribution in [2.45, 2.75) is 32.9 Å². The molecule has 2 aromatic rings. The molecule has 0 spiro atoms. The van der Waals surface area contributed by atoms with Crippen LogP contribution in [0.2, 0.25) is 0 Å². The summed E-state index contributed by atoms with van der Waals surface area (Å²) < 4.78 is 15.2. The molecule has 0 amide bonds. The first-order valence-corrected chi connectivity index (χ1v) is 6.45. The van der Waals surface area contributed by atoms with Crippen molar-refractivity contribution in [2.24, 2.45) is 0 Å². The van der Waals surface area contributed by atoms with E-state index in [1.165, 1.54) is 6.07 Å². The molecular formula is C13H18FN5. The van der Waals surface area contributed by atoms with E-state index in [1.54, 1.807) is 16.8 Å². The second-order valence-corrected chi connectivity index (χ2v) is 4.38. The zero-order valence-electron chi connectivity index (χ0n) is 11.2. The third-order valence-electron chi connectivity index (χ3n) is 3.01. The number of aryl methyl sites for hydroxylation is 2. The Bertz CT molecular complexity index is 525. The highest BCUT2D eigenvalue weighted by Crippen LogP contribution is 2.11. The van der Waals surface area contributed by atoms with Crippen LogP contribution in [-0.4, -0.2) is 26.8 Å². The van der Waals surface area contributed by atoms with E-state index in [0.29, 0.717) is 18.5 Å². The molecule has 0 aliphatic rings. The van der Waals surface area contributed by atoms with Gasteiger partial charge in [0.1, 0.15) is 5.82 Å². The van der Waals surface area contributed by atoms with E-state index in [-0.39, 0.29) is 11.9 Å². The number of nitrogens with zero attached hydrogens (tertiary/aromatic N) is 4. The number of aromatic nitrogens is 4. The van der Waals surface area contributed by atoms with Crippen molar-refractivity contribution in [3.63, 3.8) is 0 Å². The molecule has 1 heterocycles. The van der Waals surface area contributed by atoms with Gasteiger partial charge >= 0.3 is 0 Å². The van der Waals surface area contributed by atoms with Crippen LogP contribution in [0.15, 0.2) is 24.3 Å². The van der Waals surface area contributed by atoms with Crippen molar-refractivity contribution in [3.8, 4) is 0 Å². The Morgan fingerprint density at radius 3 is 2.89 bits per heavy atom. The normalized spacial score (nSPS) is 12.6. The zero-order valence-corrected chi connectivity index (χ0v) is 11.2. The van der Waals surface area contributed by atoms with E-state index < -0.39 is 0 Å². The number of rotatable bonds is 6. The Morgan fingerprint density at radius 1 is 1.37 bits per heavy atom. The van der Waals surface area contributed by atoms with E-state index in [0.717, 1.165) is 12.4 Å². The van der Waals surface area contributed by atoms with Crippen LogP contribution in [0.1, 0.15) is 31.3 Å². The van der Waals surface area contributed by atoms with E-state index >= 15 is 0 Å². The predicted octanol–water partition coefficient (Wildman–Crippen LogP) is 1.73. The summed E-state index contributed by atoms with van der Waals surface area (Å²) in [6.07, 6.45) is 0.573. The molecule has 0 aliphatic carbocycles. The minimum absolute atomic E-state index is 0.0839. The summed E-state index contributed by atoms with van der Waals surface area (Å²) in [5.41, 5.74) is 0.681. The number of tetrazole rings is 1. The average Bonchev–Trinajstić information content (AvgIpc) is 2.86. The maximum Gasteiger partial charge on any atom is 0.167 e. The lowest BCUT2D eigenvalue weighted by molar-refractivity contribution is 0.490. The second kappa shape index (κ2) is 6.38. The fourth-order valence-corrected chi connectivity index (χ4v) is 2.01. The predicted molar refractivity (Wildman–Crippen MR) is 70.0 cm³/mol. The lowest BCUT2D eigenvalue weighted by Gasteiger charge is -2.12. The maximum absolute atomic E-state index is 13.5. The quantitative estimate of drug-likeness (QED) is 0.862. The van der Waals surface area contributed by atoms with Crippen LogP contribution in [0.4, 0.5) is 4.39 Å². The highest BCUT2D eigenvalue weighted by molar-refractivity contribution is 5.17. The minimum Gasteiger partial charge on any atom is -0.308 e. The van der Waals surface area contributed by atoms with Gasteiger partial charge in [0.2, 0.25) is 0 Å². The van der Waals surface area contributed by atoms with Crippen LogP contribution >= 0.6 is 0 Å². The number of nitrogens with one attached hydrogen (secondary N) is 1. The van der Waals surface area contributed by atoms with Crippen LogP contribution in [0, 0.1) is 5.82 Å². The van der Waals surface area contributed by atoms with Gasteiger partial charge in [-0.3, -0.25) is 0 Å². The molecule has 19 heavy (non-hydrogen) atoms. The van der Waals surface area contributed by atoms with E-state index in [9.17, 15) is 4.39 Å². The fourth-order valence-electron chi connectivity index (χ4n) is 2.01. The first-order chi connectivity index (χ1) is 9.22. The fraction of sp³-hybridized carbons (Fsp3) is 0.462. The highest BCUT2D eigenvalue weighted by Gasteiger charge is 2.13. The Labute approximate surface area is 111 Å². The highest BCUT2D eigenvalue weighted by atomic mass is 19.1. The summed E-state index contributed by atoms with van der Waals surface area (Å²) in [7, 11) is 0. The lowest BCUT2D eigenvalue weighted by atomic mass is 10.1. The molecule has 2 rings (SSSR count). The van der Waals surface area contributed by atoms with Gasteiger partial charge in [0.25, 0.3) is 0 Å². The molecule has 1 atom stereocenters. The Kier molecular flexibility index (Phi) is 4.57. The molecule has 0 saturated heterocycles. The average molecular weight is 263 g/mol. The van der Waals surface area contributed by atoms with E-state index in [4.69, 9.17) is 0 Å². The minimum atomic E-state index is -0.183. The summed E-state index contributed by atoms with van der Waals surface area (Å²) in [6, 6.07) is 6.86. The Hall–Kier alpha value is -1.82. The molecule has 0 aliphatic heterocycles. The Balaban J connectivity index is 2.04. The van der Waals surface area contributed by atoms with Gasteiger partial charge in [-0.2, -0.15) is 0 Å². The topological polar surface area (TPSA) is 55.6 Å².